The minimum absolute atomic E-state index is 0.318. The molecule has 3 aliphatic rings. The van der Waals surface area contributed by atoms with Crippen molar-refractivity contribution < 1.29 is 9.50 Å². The van der Waals surface area contributed by atoms with E-state index in [0.29, 0.717) is 23.3 Å². The van der Waals surface area contributed by atoms with Crippen LogP contribution in [-0.2, 0) is 0 Å². The van der Waals surface area contributed by atoms with Crippen molar-refractivity contribution in [2.75, 3.05) is 0 Å². The van der Waals surface area contributed by atoms with E-state index < -0.39 is 6.10 Å². The Balaban J connectivity index is 1.60. The minimum atomic E-state index is -0.614. The standard InChI is InChI=1S/C14H16FNO/c15-10-6-16-4-3-9(10)14(17)13-11-7-1-2-8(5-7)12(11)13/h3-4,6-8,11-14,17H,1-2,5H2. The fourth-order valence-corrected chi connectivity index (χ4v) is 4.65. The first-order valence-electron chi connectivity index (χ1n) is 6.55. The average molecular weight is 233 g/mol. The molecule has 1 aromatic rings. The van der Waals surface area contributed by atoms with Crippen molar-refractivity contribution in [2.24, 2.45) is 29.6 Å². The number of hydrogen-bond donors (Lipinski definition) is 1. The Labute approximate surface area is 99.9 Å². The maximum atomic E-state index is 13.6. The largest absolute Gasteiger partial charge is 0.388 e. The van der Waals surface area contributed by atoms with Crippen molar-refractivity contribution in [3.8, 4) is 0 Å². The molecule has 3 fully saturated rings. The van der Waals surface area contributed by atoms with Gasteiger partial charge in [0.25, 0.3) is 0 Å². The van der Waals surface area contributed by atoms with E-state index in [4.69, 9.17) is 0 Å². The first-order valence-corrected chi connectivity index (χ1v) is 6.55. The number of aliphatic hydroxyl groups is 1. The summed E-state index contributed by atoms with van der Waals surface area (Å²) in [6.07, 6.45) is 6.16. The fourth-order valence-electron chi connectivity index (χ4n) is 4.65. The van der Waals surface area contributed by atoms with Crippen LogP contribution in [0.1, 0.15) is 30.9 Å². The predicted molar refractivity (Wildman–Crippen MR) is 60.5 cm³/mol. The summed E-state index contributed by atoms with van der Waals surface area (Å²) in [7, 11) is 0. The molecule has 0 saturated heterocycles. The lowest BCUT2D eigenvalue weighted by atomic mass is 9.95. The van der Waals surface area contributed by atoms with Gasteiger partial charge in [-0.3, -0.25) is 4.98 Å². The van der Waals surface area contributed by atoms with Gasteiger partial charge in [0.15, 0.2) is 0 Å². The van der Waals surface area contributed by atoms with Crippen LogP contribution in [0.5, 0.6) is 0 Å². The zero-order valence-electron chi connectivity index (χ0n) is 9.59. The molecule has 5 unspecified atom stereocenters. The lowest BCUT2D eigenvalue weighted by molar-refractivity contribution is 0.126. The summed E-state index contributed by atoms with van der Waals surface area (Å²) in [6.45, 7) is 0. The molecule has 2 bridgehead atoms. The summed E-state index contributed by atoms with van der Waals surface area (Å²) < 4.78 is 13.6. The zero-order chi connectivity index (χ0) is 11.6. The maximum absolute atomic E-state index is 13.6. The molecule has 3 saturated carbocycles. The van der Waals surface area contributed by atoms with Crippen molar-refractivity contribution in [1.82, 2.24) is 4.98 Å². The molecule has 0 aromatic carbocycles. The van der Waals surface area contributed by atoms with Gasteiger partial charge in [0.2, 0.25) is 0 Å². The molecular weight excluding hydrogens is 217 g/mol. The van der Waals surface area contributed by atoms with Crippen LogP contribution in [0.4, 0.5) is 4.39 Å². The highest BCUT2D eigenvalue weighted by molar-refractivity contribution is 5.23. The van der Waals surface area contributed by atoms with Crippen LogP contribution in [0.25, 0.3) is 0 Å². The van der Waals surface area contributed by atoms with Crippen molar-refractivity contribution in [3.05, 3.63) is 29.8 Å². The zero-order valence-corrected chi connectivity index (χ0v) is 9.59. The van der Waals surface area contributed by atoms with Gasteiger partial charge in [-0.2, -0.15) is 0 Å². The van der Waals surface area contributed by atoms with Crippen molar-refractivity contribution in [3.63, 3.8) is 0 Å². The SMILES string of the molecule is OC(c1ccncc1F)C1C2C3CCC(C3)C21. The van der Waals surface area contributed by atoms with Crippen LogP contribution < -0.4 is 0 Å². The van der Waals surface area contributed by atoms with Gasteiger partial charge in [-0.25, -0.2) is 4.39 Å². The van der Waals surface area contributed by atoms with Gasteiger partial charge in [0.05, 0.1) is 12.3 Å². The van der Waals surface area contributed by atoms with Crippen molar-refractivity contribution in [1.29, 1.82) is 0 Å². The summed E-state index contributed by atoms with van der Waals surface area (Å²) in [5.74, 6) is 2.94. The second-order valence-corrected chi connectivity index (χ2v) is 5.91. The number of pyridine rings is 1. The van der Waals surface area contributed by atoms with E-state index in [-0.39, 0.29) is 5.82 Å². The molecule has 0 amide bonds. The Kier molecular flexibility index (Phi) is 1.93. The van der Waals surface area contributed by atoms with E-state index in [1.54, 1.807) is 12.3 Å². The van der Waals surface area contributed by atoms with Gasteiger partial charge in [0, 0.05) is 11.8 Å². The lowest BCUT2D eigenvalue weighted by Crippen LogP contribution is -2.10. The Hall–Kier alpha value is -0.960. The van der Waals surface area contributed by atoms with E-state index in [9.17, 15) is 9.50 Å². The molecule has 1 N–H and O–H groups in total. The highest BCUT2D eigenvalue weighted by atomic mass is 19.1. The van der Waals surface area contributed by atoms with E-state index in [0.717, 1.165) is 11.8 Å². The maximum Gasteiger partial charge on any atom is 0.147 e. The first-order chi connectivity index (χ1) is 8.27. The lowest BCUT2D eigenvalue weighted by Gasteiger charge is -2.15. The molecule has 0 aliphatic heterocycles. The number of hydrogen-bond acceptors (Lipinski definition) is 2. The van der Waals surface area contributed by atoms with Crippen LogP contribution >= 0.6 is 0 Å². The van der Waals surface area contributed by atoms with Crippen LogP contribution in [-0.4, -0.2) is 10.1 Å². The molecular formula is C14H16FNO. The average Bonchev–Trinajstić information content (AvgIpc) is 2.77. The Morgan fingerprint density at radius 3 is 2.65 bits per heavy atom. The highest BCUT2D eigenvalue weighted by Crippen LogP contribution is 2.72. The summed E-state index contributed by atoms with van der Waals surface area (Å²) in [6, 6.07) is 1.62. The number of nitrogens with zero attached hydrogens (tertiary/aromatic N) is 1. The highest BCUT2D eigenvalue weighted by Gasteiger charge is 2.66. The van der Waals surface area contributed by atoms with E-state index in [1.807, 2.05) is 0 Å². The first kappa shape index (κ1) is 10.0. The summed E-state index contributed by atoms with van der Waals surface area (Å²) in [5, 5.41) is 10.3. The molecule has 2 nitrogen and oxygen atoms in total. The molecule has 90 valence electrons. The van der Waals surface area contributed by atoms with Crippen LogP contribution in [0, 0.1) is 35.4 Å². The van der Waals surface area contributed by atoms with E-state index in [2.05, 4.69) is 4.98 Å². The van der Waals surface area contributed by atoms with Gasteiger partial charge in [-0.1, -0.05) is 0 Å². The molecule has 1 heterocycles. The third kappa shape index (κ3) is 1.26. The molecule has 5 atom stereocenters. The quantitative estimate of drug-likeness (QED) is 0.851. The van der Waals surface area contributed by atoms with Gasteiger partial charge in [-0.05, 0) is 54.9 Å². The molecule has 4 rings (SSSR count). The summed E-state index contributed by atoms with van der Waals surface area (Å²) in [5.41, 5.74) is 0.443. The molecule has 1 aromatic heterocycles. The number of halogens is 1. The normalized spacial score (nSPS) is 43.5. The van der Waals surface area contributed by atoms with Gasteiger partial charge in [0.1, 0.15) is 5.82 Å². The topological polar surface area (TPSA) is 33.1 Å². The molecule has 17 heavy (non-hydrogen) atoms. The van der Waals surface area contributed by atoms with Crippen LogP contribution in [0.15, 0.2) is 18.5 Å². The molecule has 0 radical (unpaired) electrons. The number of aromatic nitrogens is 1. The Morgan fingerprint density at radius 2 is 2.00 bits per heavy atom. The van der Waals surface area contributed by atoms with Crippen molar-refractivity contribution in [2.45, 2.75) is 25.4 Å². The number of fused-ring (bicyclic) bond motifs is 5. The summed E-state index contributed by atoms with van der Waals surface area (Å²) >= 11 is 0. The fraction of sp³-hybridized carbons (Fsp3) is 0.643. The third-order valence-electron chi connectivity index (χ3n) is 5.28. The van der Waals surface area contributed by atoms with Gasteiger partial charge >= 0.3 is 0 Å². The second kappa shape index (κ2) is 3.29. The third-order valence-corrected chi connectivity index (χ3v) is 5.28. The molecule has 3 aliphatic carbocycles. The smallest absolute Gasteiger partial charge is 0.147 e. The van der Waals surface area contributed by atoms with Crippen molar-refractivity contribution >= 4 is 0 Å². The van der Waals surface area contributed by atoms with Crippen LogP contribution in [0.2, 0.25) is 0 Å². The van der Waals surface area contributed by atoms with E-state index >= 15 is 0 Å². The number of aliphatic hydroxyl groups excluding tert-OH is 1. The monoisotopic (exact) mass is 233 g/mol. The van der Waals surface area contributed by atoms with Gasteiger partial charge in [-0.15, -0.1) is 0 Å². The Bertz CT molecular complexity index is 447. The van der Waals surface area contributed by atoms with Gasteiger partial charge < -0.3 is 5.11 Å². The van der Waals surface area contributed by atoms with E-state index in [1.165, 1.54) is 25.5 Å². The number of rotatable bonds is 2. The van der Waals surface area contributed by atoms with Crippen LogP contribution in [0.3, 0.4) is 0 Å². The second-order valence-electron chi connectivity index (χ2n) is 5.91. The molecule has 0 spiro atoms. The molecule has 3 heteroatoms. The Morgan fingerprint density at radius 1 is 1.29 bits per heavy atom. The summed E-state index contributed by atoms with van der Waals surface area (Å²) in [4.78, 5) is 3.74. The predicted octanol–water partition coefficient (Wildman–Crippen LogP) is 2.55. The minimum Gasteiger partial charge on any atom is -0.388 e.